The van der Waals surface area contributed by atoms with Crippen molar-refractivity contribution in [3.8, 4) is 0 Å². The molecule has 0 aliphatic rings. The second-order valence-corrected chi connectivity index (χ2v) is 6.61. The number of rotatable bonds is 12. The van der Waals surface area contributed by atoms with Crippen molar-refractivity contribution in [3.63, 3.8) is 0 Å². The Morgan fingerprint density at radius 3 is 2.16 bits per heavy atom. The van der Waals surface area contributed by atoms with Gasteiger partial charge < -0.3 is 0 Å². The number of hydrogen-bond acceptors (Lipinski definition) is 3. The molecule has 0 saturated carbocycles. The average molecular weight is 294 g/mol. The highest BCUT2D eigenvalue weighted by Crippen LogP contribution is 2.21. The smallest absolute Gasteiger partial charge is 0.264 e. The first-order chi connectivity index (χ1) is 8.89. The Balaban J connectivity index is 3.61. The van der Waals surface area contributed by atoms with Crippen molar-refractivity contribution in [2.45, 2.75) is 72.1 Å². The third-order valence-corrected chi connectivity index (χ3v) is 4.04. The van der Waals surface area contributed by atoms with Crippen LogP contribution in [0.3, 0.4) is 0 Å². The molecule has 4 nitrogen and oxygen atoms in total. The fourth-order valence-electron chi connectivity index (χ4n) is 2.26. The first kappa shape index (κ1) is 18.9. The van der Waals surface area contributed by atoms with E-state index in [0.29, 0.717) is 0 Å². The Hall–Kier alpha value is -0.130. The molecule has 0 bridgehead atoms. The largest absolute Gasteiger partial charge is 0.397 e. The molecule has 2 unspecified atom stereocenters. The molecule has 2 atom stereocenters. The predicted molar refractivity (Wildman–Crippen MR) is 78.4 cm³/mol. The summed E-state index contributed by atoms with van der Waals surface area (Å²) < 4.78 is 33.7. The maximum atomic E-state index is 10.4. The molecule has 116 valence electrons. The van der Waals surface area contributed by atoms with Gasteiger partial charge >= 0.3 is 10.4 Å². The lowest BCUT2D eigenvalue weighted by molar-refractivity contribution is 0.222. The quantitative estimate of drug-likeness (QED) is 0.432. The van der Waals surface area contributed by atoms with Crippen molar-refractivity contribution in [2.24, 2.45) is 11.8 Å². The molecule has 0 aromatic carbocycles. The maximum absolute atomic E-state index is 10.4. The van der Waals surface area contributed by atoms with Crippen LogP contribution < -0.4 is 0 Å². The van der Waals surface area contributed by atoms with Crippen LogP contribution >= 0.6 is 0 Å². The van der Waals surface area contributed by atoms with Crippen LogP contribution in [0.5, 0.6) is 0 Å². The summed E-state index contributed by atoms with van der Waals surface area (Å²) in [5.41, 5.74) is 0. The van der Waals surface area contributed by atoms with Gasteiger partial charge in [-0.05, 0) is 18.3 Å². The summed E-state index contributed by atoms with van der Waals surface area (Å²) in [5.74, 6) is 1.00. The molecule has 0 radical (unpaired) electrons. The molecule has 0 fully saturated rings. The van der Waals surface area contributed by atoms with Crippen molar-refractivity contribution < 1.29 is 17.2 Å². The van der Waals surface area contributed by atoms with Gasteiger partial charge in [-0.3, -0.25) is 4.55 Å². The highest BCUT2D eigenvalue weighted by molar-refractivity contribution is 7.80. The van der Waals surface area contributed by atoms with Gasteiger partial charge in [-0.1, -0.05) is 65.7 Å². The van der Waals surface area contributed by atoms with Crippen LogP contribution in [-0.2, 0) is 14.6 Å². The SMILES string of the molecule is CCCCC(CC)CCCCC(C)COS(=O)(=O)O. The molecule has 0 aliphatic heterocycles. The molecule has 1 N–H and O–H groups in total. The molecule has 0 spiro atoms. The number of hydrogen-bond donors (Lipinski definition) is 1. The zero-order valence-corrected chi connectivity index (χ0v) is 13.4. The second kappa shape index (κ2) is 10.6. The van der Waals surface area contributed by atoms with E-state index in [2.05, 4.69) is 18.0 Å². The normalized spacial score (nSPS) is 15.4. The van der Waals surface area contributed by atoms with E-state index in [1.54, 1.807) is 0 Å². The van der Waals surface area contributed by atoms with E-state index in [1.165, 1.54) is 38.5 Å². The van der Waals surface area contributed by atoms with Crippen molar-refractivity contribution in [1.82, 2.24) is 0 Å². The van der Waals surface area contributed by atoms with Gasteiger partial charge in [-0.15, -0.1) is 0 Å². The summed E-state index contributed by atoms with van der Waals surface area (Å²) in [5, 5.41) is 0. The Labute approximate surface area is 118 Å². The zero-order chi connectivity index (χ0) is 14.7. The van der Waals surface area contributed by atoms with E-state index in [0.717, 1.165) is 18.8 Å². The maximum Gasteiger partial charge on any atom is 0.397 e. The van der Waals surface area contributed by atoms with Gasteiger partial charge in [0, 0.05) is 0 Å². The van der Waals surface area contributed by atoms with Crippen LogP contribution in [0.1, 0.15) is 72.1 Å². The third-order valence-electron chi connectivity index (χ3n) is 3.60. The van der Waals surface area contributed by atoms with Crippen LogP contribution in [0.25, 0.3) is 0 Å². The minimum Gasteiger partial charge on any atom is -0.264 e. The molecule has 5 heteroatoms. The van der Waals surface area contributed by atoms with E-state index in [9.17, 15) is 8.42 Å². The van der Waals surface area contributed by atoms with Gasteiger partial charge in [-0.25, -0.2) is 4.18 Å². The van der Waals surface area contributed by atoms with Gasteiger partial charge in [0.1, 0.15) is 0 Å². The lowest BCUT2D eigenvalue weighted by atomic mass is 9.92. The average Bonchev–Trinajstić information content (AvgIpc) is 2.34. The fourth-order valence-corrected chi connectivity index (χ4v) is 2.66. The van der Waals surface area contributed by atoms with Crippen molar-refractivity contribution >= 4 is 10.4 Å². The molecule has 0 aromatic heterocycles. The van der Waals surface area contributed by atoms with E-state index < -0.39 is 10.4 Å². The predicted octanol–water partition coefficient (Wildman–Crippen LogP) is 4.22. The third kappa shape index (κ3) is 12.6. The topological polar surface area (TPSA) is 63.6 Å². The summed E-state index contributed by atoms with van der Waals surface area (Å²) in [6.45, 7) is 6.50. The van der Waals surface area contributed by atoms with E-state index in [4.69, 9.17) is 4.55 Å². The van der Waals surface area contributed by atoms with Crippen LogP contribution in [-0.4, -0.2) is 19.6 Å². The van der Waals surface area contributed by atoms with Gasteiger partial charge in [-0.2, -0.15) is 8.42 Å². The first-order valence-corrected chi connectivity index (χ1v) is 8.87. The summed E-state index contributed by atoms with van der Waals surface area (Å²) >= 11 is 0. The van der Waals surface area contributed by atoms with Crippen LogP contribution in [0.15, 0.2) is 0 Å². The molecular formula is C14H30O4S. The highest BCUT2D eigenvalue weighted by Gasteiger charge is 2.10. The standard InChI is InChI=1S/C14H30O4S/c1-4-6-10-14(5-2)11-8-7-9-13(3)12-18-19(15,16)17/h13-14H,4-12H2,1-3H3,(H,15,16,17). The van der Waals surface area contributed by atoms with E-state index in [1.807, 2.05) is 6.92 Å². The molecule has 0 amide bonds. The van der Waals surface area contributed by atoms with Crippen molar-refractivity contribution in [2.75, 3.05) is 6.61 Å². The zero-order valence-electron chi connectivity index (χ0n) is 12.6. The van der Waals surface area contributed by atoms with Crippen molar-refractivity contribution in [3.05, 3.63) is 0 Å². The van der Waals surface area contributed by atoms with E-state index >= 15 is 0 Å². The summed E-state index contributed by atoms with van der Waals surface area (Å²) in [4.78, 5) is 0. The molecule has 0 heterocycles. The van der Waals surface area contributed by atoms with Crippen LogP contribution in [0.2, 0.25) is 0 Å². The fraction of sp³-hybridized carbons (Fsp3) is 1.00. The van der Waals surface area contributed by atoms with Crippen molar-refractivity contribution in [1.29, 1.82) is 0 Å². The molecule has 0 rings (SSSR count). The Morgan fingerprint density at radius 1 is 1.05 bits per heavy atom. The van der Waals surface area contributed by atoms with Gasteiger partial charge in [0.25, 0.3) is 0 Å². The van der Waals surface area contributed by atoms with Gasteiger partial charge in [0.15, 0.2) is 0 Å². The monoisotopic (exact) mass is 294 g/mol. The van der Waals surface area contributed by atoms with Gasteiger partial charge in [0.2, 0.25) is 0 Å². The molecule has 19 heavy (non-hydrogen) atoms. The summed E-state index contributed by atoms with van der Waals surface area (Å²) in [6.07, 6.45) is 9.66. The molecular weight excluding hydrogens is 264 g/mol. The van der Waals surface area contributed by atoms with E-state index in [-0.39, 0.29) is 12.5 Å². The minimum absolute atomic E-state index is 0.0753. The molecule has 0 aromatic rings. The second-order valence-electron chi connectivity index (χ2n) is 5.52. The highest BCUT2D eigenvalue weighted by atomic mass is 32.3. The van der Waals surface area contributed by atoms with Gasteiger partial charge in [0.05, 0.1) is 6.61 Å². The lowest BCUT2D eigenvalue weighted by Gasteiger charge is -2.15. The van der Waals surface area contributed by atoms with Crippen LogP contribution in [0, 0.1) is 11.8 Å². The number of unbranched alkanes of at least 4 members (excludes halogenated alkanes) is 2. The summed E-state index contributed by atoms with van der Waals surface area (Å²) in [7, 11) is -4.28. The lowest BCUT2D eigenvalue weighted by Crippen LogP contribution is -2.11. The van der Waals surface area contributed by atoms with Crippen LogP contribution in [0.4, 0.5) is 0 Å². The first-order valence-electron chi connectivity index (χ1n) is 7.50. The minimum atomic E-state index is -4.28. The molecule has 0 aliphatic carbocycles. The Kier molecular flexibility index (Phi) is 10.6. The summed E-state index contributed by atoms with van der Waals surface area (Å²) in [6, 6.07) is 0. The Bertz CT molecular complexity index is 301. The Morgan fingerprint density at radius 2 is 1.63 bits per heavy atom. The molecule has 0 saturated heterocycles.